The molecule has 1 N–H and O–H groups in total. The molecule has 2 rings (SSSR count). The second-order valence-corrected chi connectivity index (χ2v) is 6.03. The molecule has 1 aliphatic heterocycles. The van der Waals surface area contributed by atoms with E-state index in [4.69, 9.17) is 4.74 Å². The molecule has 1 saturated heterocycles. The van der Waals surface area contributed by atoms with Crippen molar-refractivity contribution in [3.05, 3.63) is 28.2 Å². The van der Waals surface area contributed by atoms with Crippen LogP contribution in [0.4, 0.5) is 0 Å². The van der Waals surface area contributed by atoms with E-state index in [-0.39, 0.29) is 5.91 Å². The van der Waals surface area contributed by atoms with Crippen molar-refractivity contribution < 1.29 is 9.53 Å². The fraction of sp³-hybridized carbons (Fsp3) is 0.533. The van der Waals surface area contributed by atoms with Gasteiger partial charge in [0.05, 0.1) is 12.7 Å². The minimum Gasteiger partial charge on any atom is -0.497 e. The van der Waals surface area contributed by atoms with Crippen LogP contribution in [-0.4, -0.2) is 44.1 Å². The number of carbonyl (C=O) groups excluding carboxylic acids is 1. The van der Waals surface area contributed by atoms with Crippen molar-refractivity contribution >= 4 is 21.8 Å². The minimum absolute atomic E-state index is 0.0168. The average Bonchev–Trinajstić information content (AvgIpc) is 2.48. The van der Waals surface area contributed by atoms with Gasteiger partial charge in [-0.2, -0.15) is 0 Å². The Morgan fingerprint density at radius 2 is 2.30 bits per heavy atom. The Bertz CT molecular complexity index is 473. The normalized spacial score (nSPS) is 18.6. The van der Waals surface area contributed by atoms with Gasteiger partial charge in [-0.15, -0.1) is 0 Å². The summed E-state index contributed by atoms with van der Waals surface area (Å²) in [7, 11) is 3.46. The van der Waals surface area contributed by atoms with Gasteiger partial charge in [0, 0.05) is 24.1 Å². The number of hydrogen-bond acceptors (Lipinski definition) is 3. The molecule has 1 atom stereocenters. The van der Waals surface area contributed by atoms with E-state index >= 15 is 0 Å². The predicted octanol–water partition coefficient (Wildman–Crippen LogP) is 2.67. The summed E-state index contributed by atoms with van der Waals surface area (Å²) in [5, 5.41) is 3.46. The SMILES string of the molecule is COc1ccc(Br)c(C(=O)N(C)CC2CCCCN2)c1. The number of amides is 1. The highest BCUT2D eigenvalue weighted by Crippen LogP contribution is 2.23. The third-order valence-corrected chi connectivity index (χ3v) is 4.35. The molecule has 110 valence electrons. The predicted molar refractivity (Wildman–Crippen MR) is 83.3 cm³/mol. The molecular formula is C15H21BrN2O2. The zero-order chi connectivity index (χ0) is 14.5. The monoisotopic (exact) mass is 340 g/mol. The highest BCUT2D eigenvalue weighted by Gasteiger charge is 2.20. The van der Waals surface area contributed by atoms with E-state index in [1.54, 1.807) is 18.1 Å². The summed E-state index contributed by atoms with van der Waals surface area (Å²) in [6.45, 7) is 1.79. The van der Waals surface area contributed by atoms with Crippen LogP contribution in [-0.2, 0) is 0 Å². The molecule has 1 unspecified atom stereocenters. The molecule has 1 fully saturated rings. The summed E-state index contributed by atoms with van der Waals surface area (Å²) < 4.78 is 5.98. The number of rotatable bonds is 4. The Balaban J connectivity index is 2.05. The van der Waals surface area contributed by atoms with E-state index in [2.05, 4.69) is 21.2 Å². The first-order valence-electron chi connectivity index (χ1n) is 6.94. The number of ether oxygens (including phenoxy) is 1. The number of nitrogens with one attached hydrogen (secondary N) is 1. The standard InChI is InChI=1S/C15H21BrN2O2/c1-18(10-11-5-3-4-8-17-11)15(19)13-9-12(20-2)6-7-14(13)16/h6-7,9,11,17H,3-5,8,10H2,1-2H3. The largest absolute Gasteiger partial charge is 0.497 e. The van der Waals surface area contributed by atoms with Gasteiger partial charge in [0.1, 0.15) is 5.75 Å². The van der Waals surface area contributed by atoms with Crippen molar-refractivity contribution in [2.75, 3.05) is 27.2 Å². The summed E-state index contributed by atoms with van der Waals surface area (Å²) in [6.07, 6.45) is 3.61. The quantitative estimate of drug-likeness (QED) is 0.916. The Morgan fingerprint density at radius 3 is 2.95 bits per heavy atom. The molecule has 4 nitrogen and oxygen atoms in total. The third-order valence-electron chi connectivity index (χ3n) is 3.66. The Hall–Kier alpha value is -1.07. The van der Waals surface area contributed by atoms with Gasteiger partial charge < -0.3 is 15.0 Å². The molecular weight excluding hydrogens is 320 g/mol. The lowest BCUT2D eigenvalue weighted by Crippen LogP contribution is -2.44. The smallest absolute Gasteiger partial charge is 0.254 e. The van der Waals surface area contributed by atoms with Gasteiger partial charge in [0.2, 0.25) is 0 Å². The van der Waals surface area contributed by atoms with E-state index < -0.39 is 0 Å². The maximum atomic E-state index is 12.5. The fourth-order valence-electron chi connectivity index (χ4n) is 2.49. The first-order valence-corrected chi connectivity index (χ1v) is 7.73. The maximum Gasteiger partial charge on any atom is 0.254 e. The van der Waals surface area contributed by atoms with Gasteiger partial charge in [0.15, 0.2) is 0 Å². The molecule has 0 saturated carbocycles. The van der Waals surface area contributed by atoms with Crippen LogP contribution in [0.3, 0.4) is 0 Å². The summed E-state index contributed by atoms with van der Waals surface area (Å²) in [4.78, 5) is 14.3. The molecule has 20 heavy (non-hydrogen) atoms. The van der Waals surface area contributed by atoms with Crippen molar-refractivity contribution in [1.29, 1.82) is 0 Å². The third kappa shape index (κ3) is 3.73. The van der Waals surface area contributed by atoms with Gasteiger partial charge in [-0.25, -0.2) is 0 Å². The van der Waals surface area contributed by atoms with Crippen LogP contribution in [0.1, 0.15) is 29.6 Å². The van der Waals surface area contributed by atoms with Crippen molar-refractivity contribution in [2.24, 2.45) is 0 Å². The van der Waals surface area contributed by atoms with Crippen LogP contribution in [0.5, 0.6) is 5.75 Å². The van der Waals surface area contributed by atoms with Crippen molar-refractivity contribution in [1.82, 2.24) is 10.2 Å². The van der Waals surface area contributed by atoms with Gasteiger partial charge in [-0.3, -0.25) is 4.79 Å². The second kappa shape index (κ2) is 7.09. The molecule has 1 aromatic carbocycles. The van der Waals surface area contributed by atoms with Gasteiger partial charge in [-0.1, -0.05) is 6.42 Å². The van der Waals surface area contributed by atoms with Crippen LogP contribution < -0.4 is 10.1 Å². The van der Waals surface area contributed by atoms with Crippen LogP contribution in [0.15, 0.2) is 22.7 Å². The van der Waals surface area contributed by atoms with Crippen molar-refractivity contribution in [3.8, 4) is 5.75 Å². The molecule has 0 aliphatic carbocycles. The molecule has 0 radical (unpaired) electrons. The summed E-state index contributed by atoms with van der Waals surface area (Å²) in [6, 6.07) is 5.86. The fourth-order valence-corrected chi connectivity index (χ4v) is 2.91. The highest BCUT2D eigenvalue weighted by molar-refractivity contribution is 9.10. The Kier molecular flexibility index (Phi) is 5.43. The molecule has 0 spiro atoms. The Labute approximate surface area is 128 Å². The number of carbonyl (C=O) groups is 1. The van der Waals surface area contributed by atoms with Gasteiger partial charge >= 0.3 is 0 Å². The van der Waals surface area contributed by atoms with E-state index in [0.29, 0.717) is 17.4 Å². The number of halogens is 1. The van der Waals surface area contributed by atoms with E-state index in [0.717, 1.165) is 24.0 Å². The number of methoxy groups -OCH3 is 1. The minimum atomic E-state index is 0.0168. The number of hydrogen-bond donors (Lipinski definition) is 1. The van der Waals surface area contributed by atoms with Crippen LogP contribution in [0.2, 0.25) is 0 Å². The summed E-state index contributed by atoms with van der Waals surface area (Å²) in [5.41, 5.74) is 0.641. The van der Waals surface area contributed by atoms with Crippen LogP contribution in [0, 0.1) is 0 Å². The highest BCUT2D eigenvalue weighted by atomic mass is 79.9. The molecule has 1 heterocycles. The molecule has 1 aromatic rings. The maximum absolute atomic E-state index is 12.5. The summed E-state index contributed by atoms with van der Waals surface area (Å²) in [5.74, 6) is 0.712. The average molecular weight is 341 g/mol. The zero-order valence-electron chi connectivity index (χ0n) is 12.0. The second-order valence-electron chi connectivity index (χ2n) is 5.18. The number of nitrogens with zero attached hydrogens (tertiary/aromatic N) is 1. The van der Waals surface area contributed by atoms with Gasteiger partial charge in [0.25, 0.3) is 5.91 Å². The van der Waals surface area contributed by atoms with E-state index in [1.165, 1.54) is 12.8 Å². The molecule has 0 bridgehead atoms. The van der Waals surface area contributed by atoms with Crippen molar-refractivity contribution in [2.45, 2.75) is 25.3 Å². The summed E-state index contributed by atoms with van der Waals surface area (Å²) >= 11 is 3.44. The van der Waals surface area contributed by atoms with E-state index in [9.17, 15) is 4.79 Å². The molecule has 0 aromatic heterocycles. The molecule has 1 amide bonds. The zero-order valence-corrected chi connectivity index (χ0v) is 13.6. The van der Waals surface area contributed by atoms with Crippen LogP contribution >= 0.6 is 15.9 Å². The van der Waals surface area contributed by atoms with Crippen molar-refractivity contribution in [3.63, 3.8) is 0 Å². The van der Waals surface area contributed by atoms with Gasteiger partial charge in [-0.05, 0) is 53.5 Å². The number of likely N-dealkylation sites (N-methyl/N-ethyl adjacent to an activating group) is 1. The molecule has 5 heteroatoms. The first-order chi connectivity index (χ1) is 9.61. The molecule has 1 aliphatic rings. The van der Waals surface area contributed by atoms with E-state index in [1.807, 2.05) is 19.2 Å². The topological polar surface area (TPSA) is 41.6 Å². The lowest BCUT2D eigenvalue weighted by molar-refractivity contribution is 0.0774. The first kappa shape index (κ1) is 15.3. The number of benzene rings is 1. The number of piperidine rings is 1. The lowest BCUT2D eigenvalue weighted by atomic mass is 10.0. The van der Waals surface area contributed by atoms with Crippen LogP contribution in [0.25, 0.3) is 0 Å². The Morgan fingerprint density at radius 1 is 1.50 bits per heavy atom. The lowest BCUT2D eigenvalue weighted by Gasteiger charge is -2.28.